The van der Waals surface area contributed by atoms with Crippen molar-refractivity contribution >= 4 is 22.8 Å². The molecule has 0 fully saturated rings. The zero-order valence-electron chi connectivity index (χ0n) is 11.5. The molecule has 0 unspecified atom stereocenters. The van der Waals surface area contributed by atoms with E-state index in [1.54, 1.807) is 18.9 Å². The largest absolute Gasteiger partial charge is 0.495 e. The van der Waals surface area contributed by atoms with Crippen molar-refractivity contribution < 1.29 is 4.74 Å². The number of aromatic amines is 1. The van der Waals surface area contributed by atoms with Crippen molar-refractivity contribution in [3.05, 3.63) is 53.6 Å². The fraction of sp³-hybridized carbons (Fsp3) is 0.125. The van der Waals surface area contributed by atoms with E-state index >= 15 is 0 Å². The van der Waals surface area contributed by atoms with E-state index in [-0.39, 0.29) is 0 Å². The number of rotatable bonds is 4. The van der Waals surface area contributed by atoms with Crippen molar-refractivity contribution in [2.24, 2.45) is 0 Å². The van der Waals surface area contributed by atoms with Crippen LogP contribution in [0.3, 0.4) is 0 Å². The smallest absolute Gasteiger partial charge is 0.166 e. The van der Waals surface area contributed by atoms with Gasteiger partial charge in [-0.3, -0.25) is 0 Å². The number of aromatic nitrogens is 2. The van der Waals surface area contributed by atoms with Crippen LogP contribution in [-0.4, -0.2) is 17.1 Å². The molecule has 0 atom stereocenters. The third-order valence-electron chi connectivity index (χ3n) is 3.13. The van der Waals surface area contributed by atoms with Crippen LogP contribution in [-0.2, 0) is 5.75 Å². The summed E-state index contributed by atoms with van der Waals surface area (Å²) in [5.41, 5.74) is 3.62. The number of fused-ring (bicyclic) bond motifs is 1. The Balaban J connectivity index is 1.77. The van der Waals surface area contributed by atoms with Crippen molar-refractivity contribution in [1.29, 1.82) is 5.26 Å². The van der Waals surface area contributed by atoms with Gasteiger partial charge in [0, 0.05) is 5.75 Å². The van der Waals surface area contributed by atoms with Gasteiger partial charge in [-0.15, -0.1) is 0 Å². The topological polar surface area (TPSA) is 61.7 Å². The standard InChI is InChI=1S/C16H13N3OS/c1-20-15-7-6-11(8-12(15)9-17)10-21-16-18-13-4-2-3-5-14(13)19-16/h2-8H,10H2,1H3,(H,18,19). The zero-order chi connectivity index (χ0) is 14.7. The molecule has 0 amide bonds. The molecule has 0 bridgehead atoms. The second kappa shape index (κ2) is 5.90. The van der Waals surface area contributed by atoms with Crippen LogP contribution in [0.25, 0.3) is 11.0 Å². The minimum atomic E-state index is 0.556. The molecule has 0 aliphatic heterocycles. The first-order chi connectivity index (χ1) is 10.3. The highest BCUT2D eigenvalue weighted by atomic mass is 32.2. The lowest BCUT2D eigenvalue weighted by atomic mass is 10.1. The number of nitrogens with zero attached hydrogens (tertiary/aromatic N) is 2. The SMILES string of the molecule is COc1ccc(CSc2nc3ccccc3[nH]2)cc1C#N. The van der Waals surface area contributed by atoms with Gasteiger partial charge in [-0.25, -0.2) is 4.98 Å². The molecule has 1 N–H and O–H groups in total. The Labute approximate surface area is 126 Å². The number of imidazole rings is 1. The van der Waals surface area contributed by atoms with Gasteiger partial charge in [-0.1, -0.05) is 30.0 Å². The fourth-order valence-corrected chi connectivity index (χ4v) is 2.91. The van der Waals surface area contributed by atoms with E-state index in [2.05, 4.69) is 16.0 Å². The summed E-state index contributed by atoms with van der Waals surface area (Å²) in [5, 5.41) is 9.98. The number of ether oxygens (including phenoxy) is 1. The van der Waals surface area contributed by atoms with Crippen LogP contribution in [0.1, 0.15) is 11.1 Å². The Morgan fingerprint density at radius 1 is 1.29 bits per heavy atom. The van der Waals surface area contributed by atoms with Gasteiger partial charge in [0.1, 0.15) is 11.8 Å². The summed E-state index contributed by atoms with van der Waals surface area (Å²) in [7, 11) is 1.57. The normalized spacial score (nSPS) is 10.5. The summed E-state index contributed by atoms with van der Waals surface area (Å²) < 4.78 is 5.15. The van der Waals surface area contributed by atoms with Gasteiger partial charge in [-0.2, -0.15) is 5.26 Å². The summed E-state index contributed by atoms with van der Waals surface area (Å²) >= 11 is 1.62. The monoisotopic (exact) mass is 295 g/mol. The maximum Gasteiger partial charge on any atom is 0.166 e. The second-order valence-corrected chi connectivity index (χ2v) is 5.46. The molecule has 0 aliphatic carbocycles. The predicted octanol–water partition coefficient (Wildman–Crippen LogP) is 3.74. The molecule has 4 nitrogen and oxygen atoms in total. The highest BCUT2D eigenvalue weighted by Crippen LogP contribution is 2.25. The molecule has 2 aromatic carbocycles. The average molecular weight is 295 g/mol. The van der Waals surface area contributed by atoms with Crippen LogP contribution in [0.5, 0.6) is 5.75 Å². The molecular formula is C16H13N3OS. The van der Waals surface area contributed by atoms with Crippen molar-refractivity contribution in [3.63, 3.8) is 0 Å². The molecular weight excluding hydrogens is 282 g/mol. The lowest BCUT2D eigenvalue weighted by Gasteiger charge is -2.04. The van der Waals surface area contributed by atoms with E-state index < -0.39 is 0 Å². The first-order valence-corrected chi connectivity index (χ1v) is 7.43. The number of hydrogen-bond donors (Lipinski definition) is 1. The van der Waals surface area contributed by atoms with Crippen LogP contribution in [0.15, 0.2) is 47.6 Å². The van der Waals surface area contributed by atoms with Gasteiger partial charge >= 0.3 is 0 Å². The minimum Gasteiger partial charge on any atom is -0.495 e. The van der Waals surface area contributed by atoms with Crippen LogP contribution >= 0.6 is 11.8 Å². The summed E-state index contributed by atoms with van der Waals surface area (Å²) in [4.78, 5) is 7.80. The molecule has 1 heterocycles. The zero-order valence-corrected chi connectivity index (χ0v) is 12.3. The fourth-order valence-electron chi connectivity index (χ4n) is 2.08. The molecule has 104 valence electrons. The van der Waals surface area contributed by atoms with E-state index in [4.69, 9.17) is 10.00 Å². The highest BCUT2D eigenvalue weighted by molar-refractivity contribution is 7.98. The quantitative estimate of drug-likeness (QED) is 0.745. The molecule has 1 aromatic heterocycles. The van der Waals surface area contributed by atoms with E-state index in [1.807, 2.05) is 42.5 Å². The number of nitrogens with one attached hydrogen (secondary N) is 1. The number of benzene rings is 2. The number of nitriles is 1. The summed E-state index contributed by atoms with van der Waals surface area (Å²) in [6.45, 7) is 0. The Hall–Kier alpha value is -2.45. The Morgan fingerprint density at radius 2 is 2.14 bits per heavy atom. The minimum absolute atomic E-state index is 0.556. The van der Waals surface area contributed by atoms with E-state index in [0.717, 1.165) is 27.5 Å². The third kappa shape index (κ3) is 2.86. The lowest BCUT2D eigenvalue weighted by Crippen LogP contribution is -1.90. The molecule has 21 heavy (non-hydrogen) atoms. The maximum absolute atomic E-state index is 9.10. The number of para-hydroxylation sites is 2. The molecule has 5 heteroatoms. The molecule has 0 saturated carbocycles. The molecule has 3 rings (SSSR count). The van der Waals surface area contributed by atoms with Gasteiger partial charge in [0.15, 0.2) is 5.16 Å². The maximum atomic E-state index is 9.10. The molecule has 0 spiro atoms. The van der Waals surface area contributed by atoms with Gasteiger partial charge in [-0.05, 0) is 29.8 Å². The highest BCUT2D eigenvalue weighted by Gasteiger charge is 2.06. The van der Waals surface area contributed by atoms with Crippen LogP contribution in [0, 0.1) is 11.3 Å². The molecule has 0 aliphatic rings. The first kappa shape index (κ1) is 13.5. The summed E-state index contributed by atoms with van der Waals surface area (Å²) in [6.07, 6.45) is 0. The molecule has 0 saturated heterocycles. The average Bonchev–Trinajstić information content (AvgIpc) is 2.95. The van der Waals surface area contributed by atoms with Gasteiger partial charge < -0.3 is 9.72 Å². The number of methoxy groups -OCH3 is 1. The van der Waals surface area contributed by atoms with E-state index in [0.29, 0.717) is 11.3 Å². The number of thioether (sulfide) groups is 1. The summed E-state index contributed by atoms with van der Waals surface area (Å²) in [5.74, 6) is 1.35. The number of hydrogen-bond acceptors (Lipinski definition) is 4. The predicted molar refractivity (Wildman–Crippen MR) is 83.4 cm³/mol. The molecule has 3 aromatic rings. The first-order valence-electron chi connectivity index (χ1n) is 6.44. The van der Waals surface area contributed by atoms with Gasteiger partial charge in [0.25, 0.3) is 0 Å². The Morgan fingerprint density at radius 3 is 2.90 bits per heavy atom. The van der Waals surface area contributed by atoms with Crippen LogP contribution in [0.2, 0.25) is 0 Å². The lowest BCUT2D eigenvalue weighted by molar-refractivity contribution is 0.413. The third-order valence-corrected chi connectivity index (χ3v) is 4.07. The van der Waals surface area contributed by atoms with Crippen molar-refractivity contribution in [1.82, 2.24) is 9.97 Å². The van der Waals surface area contributed by atoms with Crippen LogP contribution < -0.4 is 4.74 Å². The van der Waals surface area contributed by atoms with Crippen molar-refractivity contribution in [2.75, 3.05) is 7.11 Å². The summed E-state index contributed by atoms with van der Waals surface area (Å²) in [6, 6.07) is 15.7. The van der Waals surface area contributed by atoms with E-state index in [1.165, 1.54) is 0 Å². The van der Waals surface area contributed by atoms with Gasteiger partial charge in [0.2, 0.25) is 0 Å². The van der Waals surface area contributed by atoms with Crippen LogP contribution in [0.4, 0.5) is 0 Å². The van der Waals surface area contributed by atoms with Crippen molar-refractivity contribution in [2.45, 2.75) is 10.9 Å². The van der Waals surface area contributed by atoms with E-state index in [9.17, 15) is 0 Å². The number of H-pyrrole nitrogens is 1. The second-order valence-electron chi connectivity index (χ2n) is 4.49. The van der Waals surface area contributed by atoms with Crippen molar-refractivity contribution in [3.8, 4) is 11.8 Å². The molecule has 0 radical (unpaired) electrons. The van der Waals surface area contributed by atoms with Gasteiger partial charge in [0.05, 0.1) is 23.7 Å². The Kier molecular flexibility index (Phi) is 3.80. The Bertz CT molecular complexity index is 787.